The molecule has 2 rings (SSSR count). The van der Waals surface area contributed by atoms with Crippen molar-refractivity contribution in [1.29, 1.82) is 0 Å². The summed E-state index contributed by atoms with van der Waals surface area (Å²) >= 11 is 0. The molecular weight excluding hydrogens is 324 g/mol. The first-order valence-electron chi connectivity index (χ1n) is 9.32. The molecule has 4 nitrogen and oxygen atoms in total. The van der Waals surface area contributed by atoms with Gasteiger partial charge in [0.05, 0.1) is 14.2 Å². The Morgan fingerprint density at radius 2 is 1.31 bits per heavy atom. The van der Waals surface area contributed by atoms with Gasteiger partial charge >= 0.3 is 0 Å². The van der Waals surface area contributed by atoms with Crippen LogP contribution in [0, 0.1) is 0 Å². The van der Waals surface area contributed by atoms with Crippen molar-refractivity contribution in [2.24, 2.45) is 0 Å². The monoisotopic (exact) mass is 356 g/mol. The molecule has 0 radical (unpaired) electrons. The first kappa shape index (κ1) is 20.3. The summed E-state index contributed by atoms with van der Waals surface area (Å²) < 4.78 is 10.9. The predicted molar refractivity (Wildman–Crippen MR) is 108 cm³/mol. The van der Waals surface area contributed by atoms with Gasteiger partial charge in [0.2, 0.25) is 0 Å². The zero-order valence-corrected chi connectivity index (χ0v) is 16.6. The lowest BCUT2D eigenvalue weighted by atomic mass is 10.1. The molecule has 0 unspecified atom stereocenters. The normalized spacial score (nSPS) is 11.2. The average molecular weight is 357 g/mol. The summed E-state index contributed by atoms with van der Waals surface area (Å²) in [7, 11) is 5.64. The second kappa shape index (κ2) is 10.8. The molecule has 26 heavy (non-hydrogen) atoms. The van der Waals surface area contributed by atoms with Crippen LogP contribution in [0.3, 0.4) is 0 Å². The highest BCUT2D eigenvalue weighted by molar-refractivity contribution is 5.33. The third-order valence-electron chi connectivity index (χ3n) is 4.68. The predicted octanol–water partition coefficient (Wildman–Crippen LogP) is 4.05. The van der Waals surface area contributed by atoms with E-state index in [4.69, 9.17) is 9.47 Å². The molecule has 0 aliphatic carbocycles. The second-order valence-electron chi connectivity index (χ2n) is 6.58. The maximum Gasteiger partial charge on any atom is 0.123 e. The number of benzene rings is 2. The minimum absolute atomic E-state index is 0.905. The fourth-order valence-corrected chi connectivity index (χ4v) is 3.19. The molecule has 0 atom stereocenters. The van der Waals surface area contributed by atoms with Crippen molar-refractivity contribution >= 4 is 0 Å². The van der Waals surface area contributed by atoms with E-state index in [0.29, 0.717) is 0 Å². The smallest absolute Gasteiger partial charge is 0.123 e. The molecule has 0 saturated heterocycles. The Morgan fingerprint density at radius 3 is 1.85 bits per heavy atom. The number of hydrogen-bond donors (Lipinski definition) is 0. The number of hydrogen-bond acceptors (Lipinski definition) is 4. The van der Waals surface area contributed by atoms with Crippen LogP contribution in [0.5, 0.6) is 11.5 Å². The Balaban J connectivity index is 1.81. The van der Waals surface area contributed by atoms with Gasteiger partial charge in [-0.2, -0.15) is 0 Å². The summed E-state index contributed by atoms with van der Waals surface area (Å²) in [6, 6.07) is 16.5. The molecule has 0 fully saturated rings. The molecule has 0 aromatic heterocycles. The maximum atomic E-state index is 5.47. The maximum absolute atomic E-state index is 5.47. The van der Waals surface area contributed by atoms with Gasteiger partial charge in [0.25, 0.3) is 0 Å². The molecule has 0 amide bonds. The van der Waals surface area contributed by atoms with Crippen LogP contribution in [0.15, 0.2) is 48.5 Å². The summed E-state index contributed by atoms with van der Waals surface area (Å²) in [5.74, 6) is 1.94. The van der Waals surface area contributed by atoms with E-state index in [9.17, 15) is 0 Å². The molecule has 0 N–H and O–H groups in total. The minimum atomic E-state index is 0.905. The van der Waals surface area contributed by atoms with Crippen LogP contribution in [0.4, 0.5) is 0 Å². The van der Waals surface area contributed by atoms with Gasteiger partial charge in [-0.15, -0.1) is 0 Å². The van der Waals surface area contributed by atoms with Crippen LogP contribution in [0.25, 0.3) is 0 Å². The van der Waals surface area contributed by atoms with Crippen molar-refractivity contribution in [2.75, 3.05) is 40.9 Å². The van der Waals surface area contributed by atoms with Gasteiger partial charge in [-0.25, -0.2) is 0 Å². The minimum Gasteiger partial charge on any atom is -0.496 e. The molecule has 2 aromatic rings. The first-order chi connectivity index (χ1) is 12.7. The molecule has 4 heteroatoms. The van der Waals surface area contributed by atoms with E-state index >= 15 is 0 Å². The molecule has 2 aromatic carbocycles. The Hall–Kier alpha value is -2.04. The molecule has 0 aliphatic heterocycles. The topological polar surface area (TPSA) is 24.9 Å². The Labute approximate surface area is 158 Å². The fraction of sp³-hybridized carbons (Fsp3) is 0.455. The van der Waals surface area contributed by atoms with Crippen molar-refractivity contribution in [2.45, 2.75) is 26.4 Å². The van der Waals surface area contributed by atoms with Crippen LogP contribution in [-0.2, 0) is 13.1 Å². The van der Waals surface area contributed by atoms with Gasteiger partial charge < -0.3 is 14.4 Å². The summed E-state index contributed by atoms with van der Waals surface area (Å²) in [5, 5.41) is 0. The summed E-state index contributed by atoms with van der Waals surface area (Å²) in [6.07, 6.45) is 1.13. The van der Waals surface area contributed by atoms with Crippen LogP contribution >= 0.6 is 0 Å². The summed E-state index contributed by atoms with van der Waals surface area (Å²) in [6.45, 7) is 7.22. The Kier molecular flexibility index (Phi) is 8.45. The molecule has 0 saturated carbocycles. The zero-order chi connectivity index (χ0) is 18.8. The fourth-order valence-electron chi connectivity index (χ4n) is 3.19. The lowest BCUT2D eigenvalue weighted by Gasteiger charge is -2.24. The van der Waals surface area contributed by atoms with Crippen LogP contribution in [0.2, 0.25) is 0 Å². The van der Waals surface area contributed by atoms with E-state index in [-0.39, 0.29) is 0 Å². The summed E-state index contributed by atoms with van der Waals surface area (Å²) in [4.78, 5) is 4.82. The number of methoxy groups -OCH3 is 2. The average Bonchev–Trinajstić information content (AvgIpc) is 2.68. The standard InChI is InChI=1S/C22H32N2O2/c1-5-24(18-20-12-7-9-14-22(20)26-4)16-10-15-23(2)17-19-11-6-8-13-21(19)25-3/h6-9,11-14H,5,10,15-18H2,1-4H3. The molecule has 0 spiro atoms. The van der Waals surface area contributed by atoms with E-state index in [2.05, 4.69) is 48.0 Å². The van der Waals surface area contributed by atoms with Gasteiger partial charge in [-0.3, -0.25) is 4.90 Å². The van der Waals surface area contributed by atoms with Crippen molar-refractivity contribution in [1.82, 2.24) is 9.80 Å². The van der Waals surface area contributed by atoms with Gasteiger partial charge in [0, 0.05) is 24.2 Å². The summed E-state index contributed by atoms with van der Waals surface area (Å²) in [5.41, 5.74) is 2.48. The molecule has 0 bridgehead atoms. The van der Waals surface area contributed by atoms with Crippen molar-refractivity contribution < 1.29 is 9.47 Å². The highest BCUT2D eigenvalue weighted by Crippen LogP contribution is 2.20. The van der Waals surface area contributed by atoms with Crippen molar-refractivity contribution in [3.63, 3.8) is 0 Å². The Morgan fingerprint density at radius 1 is 0.769 bits per heavy atom. The van der Waals surface area contributed by atoms with Crippen molar-refractivity contribution in [3.05, 3.63) is 59.7 Å². The number of nitrogens with zero attached hydrogens (tertiary/aromatic N) is 2. The van der Waals surface area contributed by atoms with Gasteiger partial charge in [-0.1, -0.05) is 43.3 Å². The van der Waals surface area contributed by atoms with Crippen LogP contribution < -0.4 is 9.47 Å². The van der Waals surface area contributed by atoms with E-state index < -0.39 is 0 Å². The largest absolute Gasteiger partial charge is 0.496 e. The molecular formula is C22H32N2O2. The van der Waals surface area contributed by atoms with Crippen LogP contribution in [-0.4, -0.2) is 50.7 Å². The number of para-hydroxylation sites is 2. The number of ether oxygens (including phenoxy) is 2. The SMILES string of the molecule is CCN(CCCN(C)Cc1ccccc1OC)Cc1ccccc1OC. The third kappa shape index (κ3) is 6.04. The second-order valence-corrected chi connectivity index (χ2v) is 6.58. The Bertz CT molecular complexity index is 660. The first-order valence-corrected chi connectivity index (χ1v) is 9.32. The molecule has 0 heterocycles. The van der Waals surface area contributed by atoms with E-state index in [1.54, 1.807) is 14.2 Å². The lowest BCUT2D eigenvalue weighted by Crippen LogP contribution is -2.28. The van der Waals surface area contributed by atoms with Crippen LogP contribution in [0.1, 0.15) is 24.5 Å². The van der Waals surface area contributed by atoms with E-state index in [1.165, 1.54) is 11.1 Å². The van der Waals surface area contributed by atoms with E-state index in [1.807, 2.05) is 24.3 Å². The molecule has 0 aliphatic rings. The molecule has 142 valence electrons. The third-order valence-corrected chi connectivity index (χ3v) is 4.68. The van der Waals surface area contributed by atoms with Gasteiger partial charge in [0.1, 0.15) is 11.5 Å². The van der Waals surface area contributed by atoms with Gasteiger partial charge in [-0.05, 0) is 45.2 Å². The lowest BCUT2D eigenvalue weighted by molar-refractivity contribution is 0.241. The van der Waals surface area contributed by atoms with E-state index in [0.717, 1.165) is 50.6 Å². The number of rotatable bonds is 11. The highest BCUT2D eigenvalue weighted by Gasteiger charge is 2.09. The van der Waals surface area contributed by atoms with Gasteiger partial charge in [0.15, 0.2) is 0 Å². The zero-order valence-electron chi connectivity index (χ0n) is 16.6. The highest BCUT2D eigenvalue weighted by atomic mass is 16.5. The van der Waals surface area contributed by atoms with Crippen molar-refractivity contribution in [3.8, 4) is 11.5 Å². The quantitative estimate of drug-likeness (QED) is 0.606.